The average Bonchev–Trinajstić information content (AvgIpc) is 2.56. The molecule has 0 bridgehead atoms. The van der Waals surface area contributed by atoms with Crippen LogP contribution in [-0.4, -0.2) is 11.9 Å². The predicted octanol–water partition coefficient (Wildman–Crippen LogP) is 6.72. The summed E-state index contributed by atoms with van der Waals surface area (Å²) in [5.41, 5.74) is 2.56. The Balaban J connectivity index is 2.12. The topological polar surface area (TPSA) is 24.7 Å². The minimum atomic E-state index is 1.05. The van der Waals surface area contributed by atoms with Crippen LogP contribution in [0.3, 0.4) is 0 Å². The van der Waals surface area contributed by atoms with Gasteiger partial charge in [0.1, 0.15) is 0 Å². The highest BCUT2D eigenvalue weighted by Crippen LogP contribution is 2.18. The minimum Gasteiger partial charge on any atom is -0.159 e. The lowest BCUT2D eigenvalue weighted by Gasteiger charge is -2.11. The number of hydrogen-bond donors (Lipinski definition) is 0. The molecule has 0 spiro atoms. The molecule has 1 heterocycles. The summed E-state index contributed by atoms with van der Waals surface area (Å²) in [6.45, 7) is 0. The van der Waals surface area contributed by atoms with E-state index < -0.39 is 0 Å². The van der Waals surface area contributed by atoms with Crippen molar-refractivity contribution in [3.8, 4) is 0 Å². The Bertz CT molecular complexity index is 470. The van der Waals surface area contributed by atoms with Crippen LogP contribution in [0, 0.1) is 0 Å². The van der Waals surface area contributed by atoms with Crippen molar-refractivity contribution in [1.82, 2.24) is 0 Å². The van der Waals surface area contributed by atoms with Crippen LogP contribution in [0.15, 0.2) is 58.3 Å². The van der Waals surface area contributed by atoms with E-state index in [1.807, 2.05) is 12.3 Å². The summed E-state index contributed by atoms with van der Waals surface area (Å²) in [7, 11) is 0. The third-order valence-corrected chi connectivity index (χ3v) is 4.59. The van der Waals surface area contributed by atoms with Gasteiger partial charge in [-0.2, -0.15) is 10.2 Å². The number of allylic oxidation sites excluding steroid dienone is 8. The molecule has 0 radical (unpaired) electrons. The van der Waals surface area contributed by atoms with Gasteiger partial charge in [-0.3, -0.25) is 0 Å². The van der Waals surface area contributed by atoms with E-state index in [0.717, 1.165) is 19.3 Å². The number of nitrogens with zero attached hydrogens (tertiary/aromatic N) is 2. The molecule has 2 nitrogen and oxygen atoms in total. The van der Waals surface area contributed by atoms with Gasteiger partial charge in [0.05, 0.1) is 5.71 Å². The Labute approximate surface area is 147 Å². The van der Waals surface area contributed by atoms with Crippen molar-refractivity contribution in [2.24, 2.45) is 10.2 Å². The maximum absolute atomic E-state index is 4.56. The molecule has 0 saturated carbocycles. The van der Waals surface area contributed by atoms with Gasteiger partial charge in [-0.15, -0.1) is 0 Å². The lowest BCUT2D eigenvalue weighted by atomic mass is 9.97. The molecule has 0 aromatic heterocycles. The third-order valence-electron chi connectivity index (χ3n) is 4.59. The lowest BCUT2D eigenvalue weighted by Crippen LogP contribution is -2.04. The first kappa shape index (κ1) is 18.6. The van der Waals surface area contributed by atoms with Gasteiger partial charge in [-0.05, 0) is 63.0 Å². The SMILES string of the molecule is C1=C\C=C(/C2=N/N=C/C=C\CCCCCC2)CCCCCCC=C1. The van der Waals surface area contributed by atoms with Gasteiger partial charge in [-0.1, -0.05) is 62.1 Å². The molecule has 0 atom stereocenters. The van der Waals surface area contributed by atoms with E-state index >= 15 is 0 Å². The minimum absolute atomic E-state index is 1.05. The van der Waals surface area contributed by atoms with Gasteiger partial charge < -0.3 is 0 Å². The first-order chi connectivity index (χ1) is 12.0. The van der Waals surface area contributed by atoms with E-state index in [-0.39, 0.29) is 0 Å². The molecule has 0 aromatic carbocycles. The van der Waals surface area contributed by atoms with E-state index in [2.05, 4.69) is 46.7 Å². The van der Waals surface area contributed by atoms with Crippen LogP contribution in [0.4, 0.5) is 0 Å². The second kappa shape index (κ2) is 12.7. The van der Waals surface area contributed by atoms with Crippen molar-refractivity contribution in [1.29, 1.82) is 0 Å². The Morgan fingerprint density at radius 1 is 0.625 bits per heavy atom. The molecule has 0 amide bonds. The summed E-state index contributed by atoms with van der Waals surface area (Å²) in [6.07, 6.45) is 31.9. The Hall–Kier alpha value is -1.70. The van der Waals surface area contributed by atoms with E-state index in [0.29, 0.717) is 0 Å². The van der Waals surface area contributed by atoms with E-state index in [1.165, 1.54) is 69.1 Å². The Morgan fingerprint density at radius 2 is 1.33 bits per heavy atom. The van der Waals surface area contributed by atoms with Crippen molar-refractivity contribution in [3.63, 3.8) is 0 Å². The van der Waals surface area contributed by atoms with Crippen LogP contribution in [0.1, 0.15) is 77.0 Å². The summed E-state index contributed by atoms with van der Waals surface area (Å²) >= 11 is 0. The van der Waals surface area contributed by atoms with Crippen molar-refractivity contribution in [3.05, 3.63) is 48.1 Å². The summed E-state index contributed by atoms with van der Waals surface area (Å²) in [6, 6.07) is 0. The normalized spacial score (nSPS) is 28.7. The fourth-order valence-corrected chi connectivity index (χ4v) is 3.15. The van der Waals surface area contributed by atoms with E-state index in [9.17, 15) is 0 Å². The average molecular weight is 325 g/mol. The van der Waals surface area contributed by atoms with E-state index in [4.69, 9.17) is 0 Å². The first-order valence-corrected chi connectivity index (χ1v) is 9.74. The monoisotopic (exact) mass is 324 g/mol. The fourth-order valence-electron chi connectivity index (χ4n) is 3.15. The molecule has 1 aliphatic heterocycles. The molecule has 0 aromatic rings. The standard InChI is InChI=1S/C22H32N2/c1-2-5-9-13-17-21(18-14-10-6-3-1)22-19-15-11-7-4-8-12-16-20-23-24-22/h2,5,9,12-13,16-17,20H,1,3-4,6-8,10-11,14-15,18-19H2/b5-2?,13-9?,16-12-,21-17-,23-20+,24-22+. The zero-order valence-corrected chi connectivity index (χ0v) is 15.0. The summed E-state index contributed by atoms with van der Waals surface area (Å²) in [4.78, 5) is 0. The van der Waals surface area contributed by atoms with Crippen LogP contribution >= 0.6 is 0 Å². The zero-order chi connectivity index (χ0) is 16.7. The Kier molecular flexibility index (Phi) is 9.85. The highest BCUT2D eigenvalue weighted by molar-refractivity contribution is 6.00. The van der Waals surface area contributed by atoms with Crippen molar-refractivity contribution >= 4 is 11.9 Å². The molecule has 0 fully saturated rings. The van der Waals surface area contributed by atoms with Crippen molar-refractivity contribution in [2.45, 2.75) is 77.0 Å². The lowest BCUT2D eigenvalue weighted by molar-refractivity contribution is 0.644. The Morgan fingerprint density at radius 3 is 2.17 bits per heavy atom. The summed E-state index contributed by atoms with van der Waals surface area (Å²) in [5, 5.41) is 8.85. The molecule has 24 heavy (non-hydrogen) atoms. The molecule has 0 saturated heterocycles. The largest absolute Gasteiger partial charge is 0.159 e. The van der Waals surface area contributed by atoms with Crippen LogP contribution in [0.2, 0.25) is 0 Å². The summed E-state index contributed by atoms with van der Waals surface area (Å²) in [5.74, 6) is 0. The highest BCUT2D eigenvalue weighted by atomic mass is 15.2. The number of hydrogen-bond acceptors (Lipinski definition) is 2. The van der Waals surface area contributed by atoms with Gasteiger partial charge in [0.2, 0.25) is 0 Å². The van der Waals surface area contributed by atoms with Crippen LogP contribution in [-0.2, 0) is 0 Å². The second-order valence-electron chi connectivity index (χ2n) is 6.65. The quantitative estimate of drug-likeness (QED) is 0.511. The molecule has 2 aliphatic rings. The highest BCUT2D eigenvalue weighted by Gasteiger charge is 2.08. The van der Waals surface area contributed by atoms with Gasteiger partial charge in [0, 0.05) is 6.21 Å². The maximum atomic E-state index is 4.56. The summed E-state index contributed by atoms with van der Waals surface area (Å²) < 4.78 is 0. The molecular weight excluding hydrogens is 292 g/mol. The molecule has 2 rings (SSSR count). The smallest absolute Gasteiger partial charge is 0.0662 e. The molecule has 1 aliphatic carbocycles. The molecule has 2 heteroatoms. The van der Waals surface area contributed by atoms with Gasteiger partial charge >= 0.3 is 0 Å². The molecular formula is C22H32N2. The first-order valence-electron chi connectivity index (χ1n) is 9.74. The molecule has 0 unspecified atom stereocenters. The number of rotatable bonds is 1. The maximum Gasteiger partial charge on any atom is 0.0662 e. The van der Waals surface area contributed by atoms with Gasteiger partial charge in [0.25, 0.3) is 0 Å². The van der Waals surface area contributed by atoms with Crippen molar-refractivity contribution < 1.29 is 0 Å². The van der Waals surface area contributed by atoms with E-state index in [1.54, 1.807) is 0 Å². The fraction of sp³-hybridized carbons (Fsp3) is 0.545. The van der Waals surface area contributed by atoms with Crippen LogP contribution < -0.4 is 0 Å². The zero-order valence-electron chi connectivity index (χ0n) is 15.0. The third kappa shape index (κ3) is 8.24. The van der Waals surface area contributed by atoms with Crippen LogP contribution in [0.25, 0.3) is 0 Å². The van der Waals surface area contributed by atoms with Gasteiger partial charge in [0.15, 0.2) is 0 Å². The predicted molar refractivity (Wildman–Crippen MR) is 107 cm³/mol. The van der Waals surface area contributed by atoms with Gasteiger partial charge in [-0.25, -0.2) is 0 Å². The van der Waals surface area contributed by atoms with Crippen LogP contribution in [0.5, 0.6) is 0 Å². The second-order valence-corrected chi connectivity index (χ2v) is 6.65. The molecule has 130 valence electrons. The molecule has 0 N–H and O–H groups in total. The van der Waals surface area contributed by atoms with Crippen molar-refractivity contribution in [2.75, 3.05) is 0 Å².